The fourth-order valence-electron chi connectivity index (χ4n) is 3.11. The van der Waals surface area contributed by atoms with Crippen molar-refractivity contribution in [3.05, 3.63) is 60.2 Å². The smallest absolute Gasteiger partial charge is 0.119 e. The van der Waals surface area contributed by atoms with Gasteiger partial charge in [0.15, 0.2) is 0 Å². The van der Waals surface area contributed by atoms with E-state index in [2.05, 4.69) is 53.6 Å². The summed E-state index contributed by atoms with van der Waals surface area (Å²) in [6, 6.07) is 19.1. The molecule has 1 fully saturated rings. The number of nitrogens with zero attached hydrogens (tertiary/aromatic N) is 1. The number of nitrogens with two attached hydrogens (primary N) is 1. The van der Waals surface area contributed by atoms with Gasteiger partial charge in [-0.05, 0) is 36.1 Å². The summed E-state index contributed by atoms with van der Waals surface area (Å²) in [6.07, 6.45) is 2.08. The Kier molecular flexibility index (Phi) is 5.60. The molecule has 1 heterocycles. The minimum atomic E-state index is 0.207. The van der Waals surface area contributed by atoms with Crippen molar-refractivity contribution in [2.24, 2.45) is 5.73 Å². The van der Waals surface area contributed by atoms with Crippen molar-refractivity contribution in [1.29, 1.82) is 0 Å². The summed E-state index contributed by atoms with van der Waals surface area (Å²) in [7, 11) is 0. The Morgan fingerprint density at radius 2 is 1.83 bits per heavy atom. The molecule has 3 nitrogen and oxygen atoms in total. The van der Waals surface area contributed by atoms with E-state index in [9.17, 15) is 0 Å². The number of hydrogen-bond donors (Lipinski definition) is 1. The lowest BCUT2D eigenvalue weighted by molar-refractivity contribution is 0.235. The molecule has 0 aliphatic carbocycles. The molecule has 2 N–H and O–H groups in total. The lowest BCUT2D eigenvalue weighted by atomic mass is 9.95. The van der Waals surface area contributed by atoms with E-state index in [1.807, 2.05) is 12.1 Å². The van der Waals surface area contributed by atoms with Crippen LogP contribution in [0, 0.1) is 0 Å². The van der Waals surface area contributed by atoms with Crippen LogP contribution in [0.15, 0.2) is 59.5 Å². The predicted octanol–water partition coefficient (Wildman–Crippen LogP) is 3.21. The Morgan fingerprint density at radius 1 is 1.09 bits per heavy atom. The van der Waals surface area contributed by atoms with Gasteiger partial charge in [0.05, 0.1) is 0 Å². The number of hydrogen-bond acceptors (Lipinski definition) is 4. The highest BCUT2D eigenvalue weighted by Crippen LogP contribution is 2.26. The molecule has 122 valence electrons. The van der Waals surface area contributed by atoms with Gasteiger partial charge in [-0.3, -0.25) is 4.90 Å². The molecule has 3 rings (SSSR count). The summed E-state index contributed by atoms with van der Waals surface area (Å²) in [4.78, 5) is 3.66. The third-order valence-electron chi connectivity index (χ3n) is 4.40. The summed E-state index contributed by atoms with van der Waals surface area (Å²) in [5.41, 5.74) is 7.67. The molecule has 0 spiro atoms. The number of rotatable bonds is 6. The number of ether oxygens (including phenoxy) is 1. The van der Waals surface area contributed by atoms with E-state index < -0.39 is 0 Å². The molecular weight excluding hydrogens is 304 g/mol. The van der Waals surface area contributed by atoms with Crippen LogP contribution in [0.2, 0.25) is 0 Å². The maximum atomic E-state index is 6.33. The van der Waals surface area contributed by atoms with Crippen LogP contribution in [0.1, 0.15) is 11.5 Å². The number of thioether (sulfide) groups is 1. The first kappa shape index (κ1) is 16.4. The molecule has 0 aromatic heterocycles. The first-order valence-electron chi connectivity index (χ1n) is 8.06. The highest BCUT2D eigenvalue weighted by molar-refractivity contribution is 7.98. The normalized spacial score (nSPS) is 21.5. The zero-order valence-corrected chi connectivity index (χ0v) is 14.3. The van der Waals surface area contributed by atoms with Crippen LogP contribution in [-0.4, -0.2) is 43.4 Å². The van der Waals surface area contributed by atoms with E-state index in [-0.39, 0.29) is 6.04 Å². The minimum absolute atomic E-state index is 0.207. The molecule has 0 saturated carbocycles. The fourth-order valence-corrected chi connectivity index (χ4v) is 3.52. The molecule has 0 amide bonds. The van der Waals surface area contributed by atoms with Crippen molar-refractivity contribution < 1.29 is 4.74 Å². The Bertz CT molecular complexity index is 603. The summed E-state index contributed by atoms with van der Waals surface area (Å²) in [5.74, 6) is 1.36. The Balaban J connectivity index is 1.48. The third-order valence-corrected chi connectivity index (χ3v) is 5.15. The Hall–Kier alpha value is -1.49. The molecule has 2 aromatic carbocycles. The molecule has 23 heavy (non-hydrogen) atoms. The van der Waals surface area contributed by atoms with E-state index in [4.69, 9.17) is 10.5 Å². The van der Waals surface area contributed by atoms with Crippen LogP contribution in [0.25, 0.3) is 0 Å². The summed E-state index contributed by atoms with van der Waals surface area (Å²) in [5, 5.41) is 0. The van der Waals surface area contributed by atoms with Crippen molar-refractivity contribution in [1.82, 2.24) is 4.90 Å². The average molecular weight is 328 g/mol. The molecule has 0 unspecified atom stereocenters. The van der Waals surface area contributed by atoms with Gasteiger partial charge in [0.1, 0.15) is 12.4 Å². The summed E-state index contributed by atoms with van der Waals surface area (Å²) < 4.78 is 5.85. The van der Waals surface area contributed by atoms with E-state index in [0.29, 0.717) is 12.5 Å². The maximum Gasteiger partial charge on any atom is 0.119 e. The van der Waals surface area contributed by atoms with Crippen molar-refractivity contribution in [2.45, 2.75) is 16.9 Å². The van der Waals surface area contributed by atoms with Gasteiger partial charge in [-0.1, -0.05) is 30.3 Å². The average Bonchev–Trinajstić information content (AvgIpc) is 2.97. The van der Waals surface area contributed by atoms with Gasteiger partial charge in [0, 0.05) is 36.5 Å². The second-order valence-corrected chi connectivity index (χ2v) is 6.84. The topological polar surface area (TPSA) is 38.5 Å². The highest BCUT2D eigenvalue weighted by Gasteiger charge is 2.30. The van der Waals surface area contributed by atoms with Gasteiger partial charge < -0.3 is 10.5 Å². The van der Waals surface area contributed by atoms with Crippen molar-refractivity contribution in [3.8, 4) is 5.75 Å². The fraction of sp³-hybridized carbons (Fsp3) is 0.368. The van der Waals surface area contributed by atoms with Crippen LogP contribution in [-0.2, 0) is 0 Å². The molecular formula is C19H24N2OS. The second kappa shape index (κ2) is 7.86. The van der Waals surface area contributed by atoms with Gasteiger partial charge in [-0.2, -0.15) is 0 Å². The second-order valence-electron chi connectivity index (χ2n) is 5.96. The van der Waals surface area contributed by atoms with Gasteiger partial charge >= 0.3 is 0 Å². The minimum Gasteiger partial charge on any atom is -0.492 e. The summed E-state index contributed by atoms with van der Waals surface area (Å²) in [6.45, 7) is 3.57. The van der Waals surface area contributed by atoms with Crippen LogP contribution in [0.3, 0.4) is 0 Å². The predicted molar refractivity (Wildman–Crippen MR) is 97.3 cm³/mol. The highest BCUT2D eigenvalue weighted by atomic mass is 32.2. The van der Waals surface area contributed by atoms with Crippen LogP contribution in [0.4, 0.5) is 0 Å². The first-order valence-corrected chi connectivity index (χ1v) is 9.28. The van der Waals surface area contributed by atoms with Gasteiger partial charge in [0.25, 0.3) is 0 Å². The summed E-state index contributed by atoms with van der Waals surface area (Å²) >= 11 is 1.74. The molecule has 1 aliphatic heterocycles. The molecule has 2 atom stereocenters. The lowest BCUT2D eigenvalue weighted by Gasteiger charge is -2.16. The Morgan fingerprint density at radius 3 is 2.52 bits per heavy atom. The number of benzene rings is 2. The van der Waals surface area contributed by atoms with Gasteiger partial charge in [0.2, 0.25) is 0 Å². The maximum absolute atomic E-state index is 6.33. The third kappa shape index (κ3) is 4.28. The van der Waals surface area contributed by atoms with Gasteiger partial charge in [-0.15, -0.1) is 11.8 Å². The molecule has 0 bridgehead atoms. The van der Waals surface area contributed by atoms with E-state index in [1.165, 1.54) is 10.5 Å². The molecule has 2 aromatic rings. The van der Waals surface area contributed by atoms with Gasteiger partial charge in [-0.25, -0.2) is 0 Å². The SMILES string of the molecule is CSc1ccc(OCCN2C[C@@H](N)[C@H](c3ccccc3)C2)cc1. The monoisotopic (exact) mass is 328 g/mol. The molecule has 1 saturated heterocycles. The first-order chi connectivity index (χ1) is 11.3. The van der Waals surface area contributed by atoms with E-state index in [0.717, 1.165) is 25.4 Å². The van der Waals surface area contributed by atoms with Crippen LogP contribution >= 0.6 is 11.8 Å². The van der Waals surface area contributed by atoms with Crippen molar-refractivity contribution >= 4 is 11.8 Å². The largest absolute Gasteiger partial charge is 0.492 e. The Labute approximate surface area is 142 Å². The molecule has 0 radical (unpaired) electrons. The van der Waals surface area contributed by atoms with E-state index in [1.54, 1.807) is 11.8 Å². The lowest BCUT2D eigenvalue weighted by Crippen LogP contribution is -2.30. The number of likely N-dealkylation sites (tertiary alicyclic amines) is 1. The zero-order chi connectivity index (χ0) is 16.1. The standard InChI is InChI=1S/C19H24N2OS/c1-23-17-9-7-16(8-10-17)22-12-11-21-13-18(19(20)14-21)15-5-3-2-4-6-15/h2-10,18-19H,11-14,20H2,1H3/t18-,19+/m0/s1. The quantitative estimate of drug-likeness (QED) is 0.827. The van der Waals surface area contributed by atoms with Crippen molar-refractivity contribution in [3.63, 3.8) is 0 Å². The van der Waals surface area contributed by atoms with Crippen LogP contribution < -0.4 is 10.5 Å². The van der Waals surface area contributed by atoms with E-state index >= 15 is 0 Å². The molecule has 4 heteroatoms. The van der Waals surface area contributed by atoms with Crippen molar-refractivity contribution in [2.75, 3.05) is 32.5 Å². The molecule has 1 aliphatic rings. The zero-order valence-electron chi connectivity index (χ0n) is 13.5. The van der Waals surface area contributed by atoms with Crippen LogP contribution in [0.5, 0.6) is 5.75 Å².